The molecule has 0 heterocycles. The number of carbonyl (C=O) groups excluding carboxylic acids is 1. The number of rotatable bonds is 4. The van der Waals surface area contributed by atoms with Crippen LogP contribution in [0.3, 0.4) is 0 Å². The van der Waals surface area contributed by atoms with Gasteiger partial charge in [0.1, 0.15) is 0 Å². The Hall–Kier alpha value is -1.82. The Morgan fingerprint density at radius 2 is 2.25 bits per heavy atom. The summed E-state index contributed by atoms with van der Waals surface area (Å²) in [6.45, 7) is -0.790. The van der Waals surface area contributed by atoms with Gasteiger partial charge in [-0.15, -0.1) is 0 Å². The van der Waals surface area contributed by atoms with E-state index in [1.165, 1.54) is 19.2 Å². The van der Waals surface area contributed by atoms with Crippen molar-refractivity contribution >= 4 is 23.1 Å². The number of nitrogen functional groups attached to an aromatic ring is 1. The molecule has 0 spiro atoms. The highest BCUT2D eigenvalue weighted by atomic mass is 35.5. The smallest absolute Gasteiger partial charge is 0.265 e. The molecular weight excluding hydrogens is 236 g/mol. The molecule has 2 N–H and O–H groups in total. The van der Waals surface area contributed by atoms with E-state index in [2.05, 4.69) is 0 Å². The van der Waals surface area contributed by atoms with E-state index in [0.717, 1.165) is 0 Å². The standard InChI is InChI=1S/C9H9ClN2O4/c1-16-9-6(10)2-5(3-7(9)11)8(13)4-12(14)15/h2-3H,4,11H2,1H3. The van der Waals surface area contributed by atoms with Gasteiger partial charge in [-0.2, -0.15) is 0 Å². The molecule has 6 nitrogen and oxygen atoms in total. The van der Waals surface area contributed by atoms with Gasteiger partial charge in [-0.1, -0.05) is 11.6 Å². The van der Waals surface area contributed by atoms with Gasteiger partial charge in [0.15, 0.2) is 5.75 Å². The molecule has 0 unspecified atom stereocenters. The number of Topliss-reactive ketones (excluding diaryl/α,β-unsaturated/α-hetero) is 1. The predicted molar refractivity (Wildman–Crippen MR) is 58.6 cm³/mol. The summed E-state index contributed by atoms with van der Waals surface area (Å²) in [5.74, 6) is -0.402. The van der Waals surface area contributed by atoms with Gasteiger partial charge in [-0.3, -0.25) is 14.9 Å². The highest BCUT2D eigenvalue weighted by Crippen LogP contribution is 2.32. The maximum Gasteiger partial charge on any atom is 0.265 e. The quantitative estimate of drug-likeness (QED) is 0.374. The van der Waals surface area contributed by atoms with Crippen LogP contribution in [0, 0.1) is 10.1 Å². The van der Waals surface area contributed by atoms with Crippen LogP contribution in [0.2, 0.25) is 5.02 Å². The number of nitrogens with zero attached hydrogens (tertiary/aromatic N) is 1. The van der Waals surface area contributed by atoms with Crippen molar-refractivity contribution in [3.05, 3.63) is 32.8 Å². The first-order valence-electron chi connectivity index (χ1n) is 4.23. The molecule has 0 bridgehead atoms. The molecular formula is C9H9ClN2O4. The van der Waals surface area contributed by atoms with Crippen LogP contribution in [0.25, 0.3) is 0 Å². The fraction of sp³-hybridized carbons (Fsp3) is 0.222. The van der Waals surface area contributed by atoms with Crippen molar-refractivity contribution in [3.63, 3.8) is 0 Å². The molecule has 0 atom stereocenters. The van der Waals surface area contributed by atoms with Crippen LogP contribution in [0.4, 0.5) is 5.69 Å². The van der Waals surface area contributed by atoms with E-state index < -0.39 is 17.3 Å². The number of carbonyl (C=O) groups is 1. The number of hydrogen-bond donors (Lipinski definition) is 1. The largest absolute Gasteiger partial charge is 0.493 e. The van der Waals surface area contributed by atoms with Crippen molar-refractivity contribution < 1.29 is 14.5 Å². The molecule has 0 radical (unpaired) electrons. The summed E-state index contributed by atoms with van der Waals surface area (Å²) < 4.78 is 4.89. The van der Waals surface area contributed by atoms with Gasteiger partial charge >= 0.3 is 0 Å². The van der Waals surface area contributed by atoms with Gasteiger partial charge in [0, 0.05) is 10.5 Å². The SMILES string of the molecule is COc1c(N)cc(C(=O)C[N+](=O)[O-])cc1Cl. The second-order valence-corrected chi connectivity index (χ2v) is 3.40. The molecule has 86 valence electrons. The monoisotopic (exact) mass is 244 g/mol. The minimum absolute atomic E-state index is 0.0972. The highest BCUT2D eigenvalue weighted by Gasteiger charge is 2.16. The van der Waals surface area contributed by atoms with Gasteiger partial charge in [-0.05, 0) is 12.1 Å². The normalized spacial score (nSPS) is 9.88. The molecule has 1 rings (SSSR count). The first-order chi connectivity index (χ1) is 7.45. The van der Waals surface area contributed by atoms with Crippen LogP contribution < -0.4 is 10.5 Å². The van der Waals surface area contributed by atoms with E-state index in [0.29, 0.717) is 0 Å². The summed E-state index contributed by atoms with van der Waals surface area (Å²) >= 11 is 5.79. The number of hydrogen-bond acceptors (Lipinski definition) is 5. The number of ketones is 1. The fourth-order valence-corrected chi connectivity index (χ4v) is 1.50. The average Bonchev–Trinajstić information content (AvgIpc) is 2.16. The topological polar surface area (TPSA) is 95.5 Å². The van der Waals surface area contributed by atoms with E-state index in [-0.39, 0.29) is 22.0 Å². The van der Waals surface area contributed by atoms with Crippen molar-refractivity contribution in [1.29, 1.82) is 0 Å². The second-order valence-electron chi connectivity index (χ2n) is 2.99. The van der Waals surface area contributed by atoms with Crippen LogP contribution in [-0.4, -0.2) is 24.4 Å². The Bertz CT molecular complexity index is 424. The van der Waals surface area contributed by atoms with E-state index >= 15 is 0 Å². The molecule has 0 aromatic heterocycles. The summed E-state index contributed by atoms with van der Waals surface area (Å²) in [6, 6.07) is 2.60. The van der Waals surface area contributed by atoms with Crippen molar-refractivity contribution in [2.24, 2.45) is 0 Å². The van der Waals surface area contributed by atoms with Crippen molar-refractivity contribution in [2.45, 2.75) is 0 Å². The zero-order valence-corrected chi connectivity index (χ0v) is 9.15. The Morgan fingerprint density at radius 3 is 2.69 bits per heavy atom. The first-order valence-corrected chi connectivity index (χ1v) is 4.61. The summed E-state index contributed by atoms with van der Waals surface area (Å²) in [5.41, 5.74) is 5.84. The Morgan fingerprint density at radius 1 is 1.62 bits per heavy atom. The maximum absolute atomic E-state index is 11.4. The summed E-state index contributed by atoms with van der Waals surface area (Å²) in [5, 5.41) is 10.3. The minimum atomic E-state index is -0.790. The molecule has 0 fully saturated rings. The molecule has 0 aliphatic heterocycles. The number of anilines is 1. The van der Waals surface area contributed by atoms with E-state index in [9.17, 15) is 14.9 Å². The van der Waals surface area contributed by atoms with E-state index in [1.807, 2.05) is 0 Å². The van der Waals surface area contributed by atoms with Crippen LogP contribution in [0.15, 0.2) is 12.1 Å². The van der Waals surface area contributed by atoms with Gasteiger partial charge in [0.2, 0.25) is 5.78 Å². The summed E-state index contributed by atoms with van der Waals surface area (Å²) in [6.07, 6.45) is 0. The molecule has 0 amide bonds. The third kappa shape index (κ3) is 2.60. The molecule has 7 heteroatoms. The number of benzene rings is 1. The van der Waals surface area contributed by atoms with Crippen molar-refractivity contribution in [2.75, 3.05) is 19.4 Å². The molecule has 0 saturated heterocycles. The third-order valence-corrected chi connectivity index (χ3v) is 2.15. The van der Waals surface area contributed by atoms with Gasteiger partial charge in [0.25, 0.3) is 6.54 Å². The van der Waals surface area contributed by atoms with Gasteiger partial charge in [0.05, 0.1) is 17.8 Å². The Balaban J connectivity index is 3.08. The molecule has 1 aromatic carbocycles. The number of ether oxygens (including phenoxy) is 1. The minimum Gasteiger partial charge on any atom is -0.493 e. The molecule has 0 saturated carbocycles. The first kappa shape index (κ1) is 12.3. The lowest BCUT2D eigenvalue weighted by atomic mass is 10.1. The maximum atomic E-state index is 11.4. The predicted octanol–water partition coefficient (Wildman–Crippen LogP) is 1.39. The lowest BCUT2D eigenvalue weighted by Gasteiger charge is -2.07. The highest BCUT2D eigenvalue weighted by molar-refractivity contribution is 6.33. The Labute approximate surface area is 96.1 Å². The fourth-order valence-electron chi connectivity index (χ4n) is 1.20. The molecule has 0 aliphatic carbocycles. The zero-order valence-electron chi connectivity index (χ0n) is 8.40. The summed E-state index contributed by atoms with van der Waals surface area (Å²) in [4.78, 5) is 20.8. The lowest BCUT2D eigenvalue weighted by Crippen LogP contribution is -2.14. The van der Waals surface area contributed by atoms with Crippen LogP contribution in [0.5, 0.6) is 5.75 Å². The number of nitro groups is 1. The number of halogens is 1. The number of nitrogens with two attached hydrogens (primary N) is 1. The van der Waals surface area contributed by atoms with Crippen molar-refractivity contribution in [3.8, 4) is 5.75 Å². The van der Waals surface area contributed by atoms with Crippen LogP contribution in [-0.2, 0) is 0 Å². The van der Waals surface area contributed by atoms with Crippen LogP contribution in [0.1, 0.15) is 10.4 Å². The lowest BCUT2D eigenvalue weighted by molar-refractivity contribution is -0.465. The number of methoxy groups -OCH3 is 1. The molecule has 16 heavy (non-hydrogen) atoms. The Kier molecular flexibility index (Phi) is 3.68. The van der Waals surface area contributed by atoms with Gasteiger partial charge < -0.3 is 10.5 Å². The molecule has 0 aliphatic rings. The van der Waals surface area contributed by atoms with Crippen LogP contribution >= 0.6 is 11.6 Å². The third-order valence-electron chi connectivity index (χ3n) is 1.87. The van der Waals surface area contributed by atoms with E-state index in [4.69, 9.17) is 22.1 Å². The zero-order chi connectivity index (χ0) is 12.3. The average molecular weight is 245 g/mol. The second kappa shape index (κ2) is 4.80. The van der Waals surface area contributed by atoms with E-state index in [1.54, 1.807) is 0 Å². The molecule has 1 aromatic rings. The summed E-state index contributed by atoms with van der Waals surface area (Å²) in [7, 11) is 1.39. The van der Waals surface area contributed by atoms with Crippen molar-refractivity contribution in [1.82, 2.24) is 0 Å². The van der Waals surface area contributed by atoms with Gasteiger partial charge in [-0.25, -0.2) is 0 Å².